The fraction of sp³-hybridized carbons (Fsp3) is 0.417. The number of rotatable bonds is 4. The van der Waals surface area contributed by atoms with E-state index < -0.39 is 0 Å². The number of aryl methyl sites for hydroxylation is 1. The van der Waals surface area contributed by atoms with E-state index in [-0.39, 0.29) is 17.6 Å². The van der Waals surface area contributed by atoms with E-state index in [0.29, 0.717) is 18.2 Å². The van der Waals surface area contributed by atoms with Crippen molar-refractivity contribution in [2.45, 2.75) is 33.2 Å². The van der Waals surface area contributed by atoms with Crippen LogP contribution < -0.4 is 5.32 Å². The predicted molar refractivity (Wildman–Crippen MR) is 68.4 cm³/mol. The van der Waals surface area contributed by atoms with Crippen LogP contribution in [0.3, 0.4) is 0 Å². The third-order valence-electron chi connectivity index (χ3n) is 2.52. The number of H-pyrrole nitrogens is 1. The van der Waals surface area contributed by atoms with Crippen molar-refractivity contribution in [3.05, 3.63) is 35.4 Å². The maximum atomic E-state index is 11.8. The number of carbonyl (C=O) groups is 1. The molecular weight excluding hydrogens is 244 g/mol. The summed E-state index contributed by atoms with van der Waals surface area (Å²) in [6.07, 6.45) is 1.66. The van der Waals surface area contributed by atoms with Gasteiger partial charge in [0.1, 0.15) is 11.6 Å². The van der Waals surface area contributed by atoms with E-state index in [4.69, 9.17) is 0 Å². The Labute approximate surface area is 110 Å². The van der Waals surface area contributed by atoms with Gasteiger partial charge in [-0.05, 0) is 13.0 Å². The predicted octanol–water partition coefficient (Wildman–Crippen LogP) is 0.957. The first-order chi connectivity index (χ1) is 9.06. The van der Waals surface area contributed by atoms with Gasteiger partial charge in [0.15, 0.2) is 0 Å². The Morgan fingerprint density at radius 2 is 2.21 bits per heavy atom. The Balaban J connectivity index is 1.97. The van der Waals surface area contributed by atoms with Crippen LogP contribution in [0.15, 0.2) is 12.3 Å². The molecule has 0 bridgehead atoms. The van der Waals surface area contributed by atoms with Gasteiger partial charge in [-0.2, -0.15) is 0 Å². The smallest absolute Gasteiger partial charge is 0.291 e. The lowest BCUT2D eigenvalue weighted by molar-refractivity contribution is 0.0940. The highest BCUT2D eigenvalue weighted by molar-refractivity contribution is 5.90. The highest BCUT2D eigenvalue weighted by Gasteiger charge is 2.13. The van der Waals surface area contributed by atoms with E-state index in [1.54, 1.807) is 19.2 Å². The molecule has 2 aromatic heterocycles. The van der Waals surface area contributed by atoms with Crippen LogP contribution in [0.4, 0.5) is 0 Å². The van der Waals surface area contributed by atoms with Crippen molar-refractivity contribution in [3.63, 3.8) is 0 Å². The summed E-state index contributed by atoms with van der Waals surface area (Å²) in [5.74, 6) is 1.40. The molecule has 0 fully saturated rings. The molecule has 0 atom stereocenters. The summed E-state index contributed by atoms with van der Waals surface area (Å²) < 4.78 is 0. The van der Waals surface area contributed by atoms with Crippen LogP contribution in [-0.2, 0) is 6.54 Å². The molecule has 0 aliphatic carbocycles. The Kier molecular flexibility index (Phi) is 3.84. The fourth-order valence-corrected chi connectivity index (χ4v) is 1.49. The fourth-order valence-electron chi connectivity index (χ4n) is 1.49. The largest absolute Gasteiger partial charge is 0.344 e. The van der Waals surface area contributed by atoms with Crippen LogP contribution in [0, 0.1) is 6.92 Å². The molecule has 2 N–H and O–H groups in total. The van der Waals surface area contributed by atoms with Gasteiger partial charge in [-0.1, -0.05) is 13.8 Å². The third-order valence-corrected chi connectivity index (χ3v) is 2.52. The van der Waals surface area contributed by atoms with Crippen molar-refractivity contribution in [2.75, 3.05) is 0 Å². The molecule has 0 aliphatic heterocycles. The zero-order chi connectivity index (χ0) is 13.8. The molecule has 100 valence electrons. The molecule has 0 saturated heterocycles. The summed E-state index contributed by atoms with van der Waals surface area (Å²) in [6.45, 7) is 6.08. The lowest BCUT2D eigenvalue weighted by atomic mass is 10.2. The zero-order valence-corrected chi connectivity index (χ0v) is 11.1. The van der Waals surface area contributed by atoms with Crippen molar-refractivity contribution in [1.82, 2.24) is 30.5 Å². The zero-order valence-electron chi connectivity index (χ0n) is 11.1. The van der Waals surface area contributed by atoms with E-state index in [9.17, 15) is 4.79 Å². The third kappa shape index (κ3) is 3.34. The average Bonchev–Trinajstić information content (AvgIpc) is 2.86. The number of nitrogens with zero attached hydrogens (tertiary/aromatic N) is 4. The molecule has 0 spiro atoms. The highest BCUT2D eigenvalue weighted by Crippen LogP contribution is 2.07. The van der Waals surface area contributed by atoms with Crippen molar-refractivity contribution < 1.29 is 4.79 Å². The molecular formula is C12H16N6O. The molecule has 7 heteroatoms. The molecule has 2 rings (SSSR count). The second-order valence-electron chi connectivity index (χ2n) is 4.48. The number of hydrogen-bond donors (Lipinski definition) is 2. The number of aromatic amines is 1. The minimum Gasteiger partial charge on any atom is -0.344 e. The van der Waals surface area contributed by atoms with Gasteiger partial charge in [-0.15, -0.1) is 5.10 Å². The van der Waals surface area contributed by atoms with Gasteiger partial charge in [-0.3, -0.25) is 9.89 Å². The molecule has 0 saturated carbocycles. The van der Waals surface area contributed by atoms with Crippen molar-refractivity contribution >= 4 is 5.91 Å². The lowest BCUT2D eigenvalue weighted by Gasteiger charge is -2.02. The summed E-state index contributed by atoms with van der Waals surface area (Å²) in [7, 11) is 0. The summed E-state index contributed by atoms with van der Waals surface area (Å²) in [5.41, 5.74) is 0.750. The molecule has 19 heavy (non-hydrogen) atoms. The number of hydrogen-bond acceptors (Lipinski definition) is 5. The molecule has 0 aliphatic rings. The lowest BCUT2D eigenvalue weighted by Crippen LogP contribution is -2.24. The number of carbonyl (C=O) groups excluding carboxylic acids is 1. The minimum absolute atomic E-state index is 0.148. The number of amides is 1. The van der Waals surface area contributed by atoms with Crippen LogP contribution in [-0.4, -0.2) is 31.1 Å². The summed E-state index contributed by atoms with van der Waals surface area (Å²) in [4.78, 5) is 24.2. The van der Waals surface area contributed by atoms with E-state index in [0.717, 1.165) is 5.69 Å². The average molecular weight is 260 g/mol. The SMILES string of the molecule is Cc1nccc(CNC(=O)c2n[nH]c(C(C)C)n2)n1. The van der Waals surface area contributed by atoms with Crippen LogP contribution in [0.2, 0.25) is 0 Å². The Bertz CT molecular complexity index is 577. The summed E-state index contributed by atoms with van der Waals surface area (Å²) >= 11 is 0. The number of aromatic nitrogens is 5. The first-order valence-corrected chi connectivity index (χ1v) is 6.05. The van der Waals surface area contributed by atoms with Gasteiger partial charge in [0.25, 0.3) is 5.91 Å². The van der Waals surface area contributed by atoms with E-state index >= 15 is 0 Å². The second-order valence-corrected chi connectivity index (χ2v) is 4.48. The minimum atomic E-state index is -0.320. The van der Waals surface area contributed by atoms with Gasteiger partial charge >= 0.3 is 0 Å². The molecule has 0 aromatic carbocycles. The van der Waals surface area contributed by atoms with Crippen LogP contribution in [0.5, 0.6) is 0 Å². The molecule has 2 heterocycles. The van der Waals surface area contributed by atoms with Crippen LogP contribution in [0.1, 0.15) is 47.7 Å². The van der Waals surface area contributed by atoms with Gasteiger partial charge in [-0.25, -0.2) is 15.0 Å². The molecule has 0 unspecified atom stereocenters. The van der Waals surface area contributed by atoms with Crippen molar-refractivity contribution in [1.29, 1.82) is 0 Å². The standard InChI is InChI=1S/C12H16N6O/c1-7(2)10-16-11(18-17-10)12(19)14-6-9-4-5-13-8(3)15-9/h4-5,7H,6H2,1-3H3,(H,14,19)(H,16,17,18). The van der Waals surface area contributed by atoms with Crippen LogP contribution in [0.25, 0.3) is 0 Å². The van der Waals surface area contributed by atoms with Crippen molar-refractivity contribution in [2.24, 2.45) is 0 Å². The molecule has 7 nitrogen and oxygen atoms in total. The molecule has 1 amide bonds. The molecule has 2 aromatic rings. The Hall–Kier alpha value is -2.31. The monoisotopic (exact) mass is 260 g/mol. The summed E-state index contributed by atoms with van der Waals surface area (Å²) in [5, 5.41) is 9.35. The Morgan fingerprint density at radius 3 is 2.84 bits per heavy atom. The second kappa shape index (κ2) is 5.55. The van der Waals surface area contributed by atoms with Gasteiger partial charge in [0, 0.05) is 12.1 Å². The first kappa shape index (κ1) is 13.1. The normalized spacial score (nSPS) is 10.7. The maximum absolute atomic E-state index is 11.8. The van der Waals surface area contributed by atoms with Gasteiger partial charge in [0.05, 0.1) is 12.2 Å². The van der Waals surface area contributed by atoms with Gasteiger partial charge in [0.2, 0.25) is 5.82 Å². The number of nitrogens with one attached hydrogen (secondary N) is 2. The molecule has 0 radical (unpaired) electrons. The highest BCUT2D eigenvalue weighted by atomic mass is 16.2. The topological polar surface area (TPSA) is 96.5 Å². The maximum Gasteiger partial charge on any atom is 0.291 e. The van der Waals surface area contributed by atoms with Crippen LogP contribution >= 0.6 is 0 Å². The Morgan fingerprint density at radius 1 is 1.42 bits per heavy atom. The first-order valence-electron chi connectivity index (χ1n) is 6.05. The van der Waals surface area contributed by atoms with Gasteiger partial charge < -0.3 is 5.32 Å². The van der Waals surface area contributed by atoms with E-state index in [1.165, 1.54) is 0 Å². The van der Waals surface area contributed by atoms with E-state index in [2.05, 4.69) is 30.5 Å². The quantitative estimate of drug-likeness (QED) is 0.853. The van der Waals surface area contributed by atoms with Crippen molar-refractivity contribution in [3.8, 4) is 0 Å². The van der Waals surface area contributed by atoms with E-state index in [1.807, 2.05) is 13.8 Å². The summed E-state index contributed by atoms with van der Waals surface area (Å²) in [6, 6.07) is 1.75.